The molecule has 116 valence electrons. The molecule has 0 fully saturated rings. The highest BCUT2D eigenvalue weighted by Crippen LogP contribution is 2.03. The van der Waals surface area contributed by atoms with Crippen molar-refractivity contribution in [3.63, 3.8) is 0 Å². The van der Waals surface area contributed by atoms with Crippen LogP contribution in [0.1, 0.15) is 0 Å². The lowest BCUT2D eigenvalue weighted by Crippen LogP contribution is -2.89. The first-order chi connectivity index (χ1) is 11.2. The Labute approximate surface area is 133 Å². The highest BCUT2D eigenvalue weighted by Gasteiger charge is 2.49. The maximum atomic E-state index is 4.54. The highest BCUT2D eigenvalue weighted by molar-refractivity contribution is 6.58. The molecule has 8 nitrogen and oxygen atoms in total. The van der Waals surface area contributed by atoms with E-state index in [9.17, 15) is 0 Å². The molecule has 0 saturated carbocycles. The maximum Gasteiger partial charge on any atom is 0.631 e. The molecule has 0 aliphatic carbocycles. The van der Waals surface area contributed by atoms with Crippen molar-refractivity contribution in [3.8, 4) is 0 Å². The van der Waals surface area contributed by atoms with Crippen LogP contribution in [0.15, 0.2) is 74.4 Å². The van der Waals surface area contributed by atoms with Gasteiger partial charge in [-0.3, -0.25) is 0 Å². The number of imidazole rings is 2. The van der Waals surface area contributed by atoms with Gasteiger partial charge in [0.1, 0.15) is 12.4 Å². The lowest BCUT2D eigenvalue weighted by Gasteiger charge is -2.33. The van der Waals surface area contributed by atoms with Crippen molar-refractivity contribution in [2.45, 2.75) is 0 Å². The van der Waals surface area contributed by atoms with Crippen LogP contribution in [0.3, 0.4) is 0 Å². The first kappa shape index (κ1) is 13.6. The van der Waals surface area contributed by atoms with Crippen LogP contribution in [0.25, 0.3) is 0 Å². The molecule has 0 bridgehead atoms. The molecule has 23 heavy (non-hydrogen) atoms. The smallest absolute Gasteiger partial charge is 0.348 e. The van der Waals surface area contributed by atoms with Gasteiger partial charge in [-0.1, -0.05) is 0 Å². The van der Waals surface area contributed by atoms with Gasteiger partial charge in [-0.25, -0.2) is 19.3 Å². The van der Waals surface area contributed by atoms with Gasteiger partial charge in [0.2, 0.25) is 12.7 Å². The molecule has 0 aromatic carbocycles. The van der Waals surface area contributed by atoms with Crippen LogP contribution >= 0.6 is 0 Å². The van der Waals surface area contributed by atoms with Crippen molar-refractivity contribution in [1.29, 1.82) is 0 Å². The van der Waals surface area contributed by atoms with Crippen LogP contribution < -0.4 is 8.96 Å². The zero-order valence-corrected chi connectivity index (χ0v) is 13.1. The van der Waals surface area contributed by atoms with Gasteiger partial charge >= 0.3 is 6.69 Å². The molecule has 0 atom stereocenters. The zero-order chi connectivity index (χ0) is 15.9. The fourth-order valence-corrected chi connectivity index (χ4v) is 3.14. The first-order valence-electron chi connectivity index (χ1n) is 7.43. The number of aromatic nitrogens is 8. The summed E-state index contributed by atoms with van der Waals surface area (Å²) in [6, 6.07) is 3.85. The van der Waals surface area contributed by atoms with Crippen molar-refractivity contribution in [1.82, 2.24) is 28.5 Å². The second-order valence-electron chi connectivity index (χ2n) is 5.72. The van der Waals surface area contributed by atoms with Crippen LogP contribution in [0.5, 0.6) is 0 Å². The molecule has 0 unspecified atom stereocenters. The Kier molecular flexibility index (Phi) is 2.93. The monoisotopic (exact) mass is 309 g/mol. The van der Waals surface area contributed by atoms with Gasteiger partial charge < -0.3 is 18.1 Å². The van der Waals surface area contributed by atoms with Crippen molar-refractivity contribution in [2.24, 2.45) is 14.1 Å². The summed E-state index contributed by atoms with van der Waals surface area (Å²) < 4.78 is 12.1. The zero-order valence-electron chi connectivity index (χ0n) is 13.1. The van der Waals surface area contributed by atoms with Crippen LogP contribution in [-0.2, 0) is 14.1 Å². The molecule has 0 amide bonds. The molecule has 9 heteroatoms. The normalized spacial score (nSPS) is 11.9. The lowest BCUT2D eigenvalue weighted by molar-refractivity contribution is -0.697. The van der Waals surface area contributed by atoms with Crippen LogP contribution in [0, 0.1) is 0 Å². The quantitative estimate of drug-likeness (QED) is 0.466. The molecule has 4 heterocycles. The van der Waals surface area contributed by atoms with Crippen molar-refractivity contribution in [2.75, 3.05) is 0 Å². The lowest BCUT2D eigenvalue weighted by atomic mass is 9.73. The predicted molar refractivity (Wildman–Crippen MR) is 83.0 cm³/mol. The van der Waals surface area contributed by atoms with Crippen LogP contribution in [0.4, 0.5) is 0 Å². The van der Waals surface area contributed by atoms with Gasteiger partial charge in [0.05, 0.1) is 26.5 Å². The minimum absolute atomic E-state index is 1.69. The van der Waals surface area contributed by atoms with E-state index in [1.807, 2.05) is 94.4 Å². The average molecular weight is 309 g/mol. The number of nitrogens with zero attached hydrogens (tertiary/aromatic N) is 8. The van der Waals surface area contributed by atoms with E-state index in [1.54, 1.807) is 12.4 Å². The summed E-state index contributed by atoms with van der Waals surface area (Å²) in [4.78, 5) is 0. The number of aryl methyl sites for hydroxylation is 2. The third-order valence-corrected chi connectivity index (χ3v) is 4.14. The van der Waals surface area contributed by atoms with Gasteiger partial charge in [0, 0.05) is 12.4 Å². The van der Waals surface area contributed by atoms with E-state index in [4.69, 9.17) is 0 Å². The van der Waals surface area contributed by atoms with Gasteiger partial charge in [0.25, 0.3) is 0 Å². The Hall–Kier alpha value is -3.10. The molecule has 0 radical (unpaired) electrons. The molecule has 4 aromatic rings. The Morgan fingerprint density at radius 1 is 0.739 bits per heavy atom. The van der Waals surface area contributed by atoms with E-state index in [-0.39, 0.29) is 0 Å². The van der Waals surface area contributed by atoms with E-state index in [1.165, 1.54) is 0 Å². The Bertz CT molecular complexity index is 826. The molecule has 0 aliphatic rings. The fraction of sp³-hybridized carbons (Fsp3) is 0.143. The number of hydrogen-bond acceptors (Lipinski definition) is 2. The second-order valence-corrected chi connectivity index (χ2v) is 5.72. The SMILES string of the molecule is Cn1cc[n+]([B-](n2cccn2)(n2cccn2)[n+]2ccn(C)c2)c1. The molecule has 0 aliphatic heterocycles. The van der Waals surface area contributed by atoms with Crippen LogP contribution in [0.2, 0.25) is 0 Å². The van der Waals surface area contributed by atoms with Crippen molar-refractivity contribution in [3.05, 3.63) is 74.4 Å². The minimum Gasteiger partial charge on any atom is -0.348 e. The van der Waals surface area contributed by atoms with Gasteiger partial charge in [0.15, 0.2) is 0 Å². The largest absolute Gasteiger partial charge is 0.631 e. The van der Waals surface area contributed by atoms with Gasteiger partial charge in [-0.05, 0) is 24.5 Å². The number of hydrogen-bond donors (Lipinski definition) is 0. The summed E-state index contributed by atoms with van der Waals surface area (Å²) in [6.45, 7) is -1.69. The Balaban J connectivity index is 2.10. The van der Waals surface area contributed by atoms with E-state index < -0.39 is 6.69 Å². The summed E-state index contributed by atoms with van der Waals surface area (Å²) in [7, 11) is 4.00. The third kappa shape index (κ3) is 1.93. The van der Waals surface area contributed by atoms with E-state index in [0.717, 1.165) is 0 Å². The highest BCUT2D eigenvalue weighted by atomic mass is 15.5. The van der Waals surface area contributed by atoms with E-state index in [2.05, 4.69) is 19.2 Å². The molecule has 4 rings (SSSR count). The minimum atomic E-state index is -1.69. The molecular weight excluding hydrogens is 291 g/mol. The van der Waals surface area contributed by atoms with Crippen molar-refractivity contribution >= 4 is 6.69 Å². The molecular formula is C14H18BN8+. The summed E-state index contributed by atoms with van der Waals surface area (Å²) >= 11 is 0. The molecule has 0 saturated heterocycles. The first-order valence-corrected chi connectivity index (χ1v) is 7.43. The Morgan fingerprint density at radius 2 is 1.22 bits per heavy atom. The fourth-order valence-electron chi connectivity index (χ4n) is 3.14. The predicted octanol–water partition coefficient (Wildman–Crippen LogP) is -0.740. The maximum absolute atomic E-state index is 4.54. The van der Waals surface area contributed by atoms with E-state index in [0.29, 0.717) is 0 Å². The molecule has 0 N–H and O–H groups in total. The summed E-state index contributed by atoms with van der Waals surface area (Å²) in [5.41, 5.74) is 0. The molecule has 0 spiro atoms. The summed E-state index contributed by atoms with van der Waals surface area (Å²) in [5.74, 6) is 0. The summed E-state index contributed by atoms with van der Waals surface area (Å²) in [6.07, 6.45) is 19.6. The Morgan fingerprint density at radius 3 is 1.52 bits per heavy atom. The van der Waals surface area contributed by atoms with E-state index >= 15 is 0 Å². The standard InChI is InChI=1S/C14H18BN8/c1-18-9-11-20(13-18)15(22-7-3-5-16-22,23-8-4-6-17-23)21-12-10-19(2)14-21/h3-14H,1-2H3/q+1. The summed E-state index contributed by atoms with van der Waals surface area (Å²) in [5, 5.41) is 9.08. The van der Waals surface area contributed by atoms with Crippen molar-refractivity contribution < 1.29 is 8.96 Å². The average Bonchev–Trinajstić information content (AvgIpc) is 3.29. The molecule has 4 aromatic heterocycles. The van der Waals surface area contributed by atoms with Gasteiger partial charge in [-0.2, -0.15) is 0 Å². The topological polar surface area (TPSA) is 53.3 Å². The number of rotatable bonds is 4. The van der Waals surface area contributed by atoms with Crippen LogP contribution in [-0.4, -0.2) is 35.2 Å². The third-order valence-electron chi connectivity index (χ3n) is 4.14. The van der Waals surface area contributed by atoms with Gasteiger partial charge in [-0.15, -0.1) is 0 Å². The second kappa shape index (κ2) is 4.97.